The monoisotopic (exact) mass is 301 g/mol. The summed E-state index contributed by atoms with van der Waals surface area (Å²) in [6, 6.07) is 0. The zero-order chi connectivity index (χ0) is 13.8. The standard InChI is InChI=1S/C9H21NO6P2/c11-17(12,13)8-4-1-5-9(18(14,15)16)10-6-2-3-7-10/h9H,1-8H2,(H2,11,12,13)(H2,14,15,16). The molecular formula is C9H21NO6P2. The summed E-state index contributed by atoms with van der Waals surface area (Å²) in [6.45, 7) is 1.38. The van der Waals surface area contributed by atoms with Crippen LogP contribution in [-0.4, -0.2) is 49.5 Å². The number of unbranched alkanes of at least 4 members (excludes halogenated alkanes) is 1. The van der Waals surface area contributed by atoms with Crippen molar-refractivity contribution in [3.8, 4) is 0 Å². The second-order valence-corrected chi connectivity index (χ2v) is 8.25. The summed E-state index contributed by atoms with van der Waals surface area (Å²) in [5, 5.41) is 0. The molecule has 1 aliphatic rings. The van der Waals surface area contributed by atoms with Gasteiger partial charge in [-0.2, -0.15) is 0 Å². The zero-order valence-electron chi connectivity index (χ0n) is 10.2. The molecule has 0 saturated carbocycles. The molecule has 7 nitrogen and oxygen atoms in total. The summed E-state index contributed by atoms with van der Waals surface area (Å²) in [4.78, 5) is 37.8. The molecule has 1 heterocycles. The highest BCUT2D eigenvalue weighted by Crippen LogP contribution is 2.46. The van der Waals surface area contributed by atoms with Gasteiger partial charge in [0.2, 0.25) is 0 Å². The highest BCUT2D eigenvalue weighted by atomic mass is 31.2. The van der Waals surface area contributed by atoms with E-state index in [1.165, 1.54) is 0 Å². The average Bonchev–Trinajstić information content (AvgIpc) is 2.66. The van der Waals surface area contributed by atoms with Gasteiger partial charge in [-0.3, -0.25) is 14.0 Å². The predicted molar refractivity (Wildman–Crippen MR) is 67.4 cm³/mol. The van der Waals surface area contributed by atoms with Gasteiger partial charge in [0.15, 0.2) is 0 Å². The van der Waals surface area contributed by atoms with Gasteiger partial charge in [-0.15, -0.1) is 0 Å². The third kappa shape index (κ3) is 5.93. The second kappa shape index (κ2) is 6.62. The molecule has 0 aromatic carbocycles. The van der Waals surface area contributed by atoms with Gasteiger partial charge >= 0.3 is 15.2 Å². The third-order valence-corrected chi connectivity index (χ3v) is 5.37. The minimum Gasteiger partial charge on any atom is -0.324 e. The van der Waals surface area contributed by atoms with Gasteiger partial charge < -0.3 is 19.6 Å². The van der Waals surface area contributed by atoms with Crippen molar-refractivity contribution in [1.82, 2.24) is 4.90 Å². The number of hydrogen-bond donors (Lipinski definition) is 4. The van der Waals surface area contributed by atoms with Crippen LogP contribution in [0.3, 0.4) is 0 Å². The fourth-order valence-corrected chi connectivity index (χ4v) is 4.06. The van der Waals surface area contributed by atoms with E-state index in [2.05, 4.69) is 0 Å². The molecule has 9 heteroatoms. The van der Waals surface area contributed by atoms with Crippen molar-refractivity contribution >= 4 is 15.2 Å². The first kappa shape index (κ1) is 16.3. The molecule has 1 aliphatic heterocycles. The Kier molecular flexibility index (Phi) is 6.00. The molecule has 1 fully saturated rings. The molecule has 0 bridgehead atoms. The van der Waals surface area contributed by atoms with Gasteiger partial charge in [0.05, 0.1) is 0 Å². The molecular weight excluding hydrogens is 280 g/mol. The number of likely N-dealkylation sites (tertiary alicyclic amines) is 1. The molecule has 1 rings (SSSR count). The van der Waals surface area contributed by atoms with E-state index in [4.69, 9.17) is 9.79 Å². The Balaban J connectivity index is 2.43. The topological polar surface area (TPSA) is 118 Å². The molecule has 0 radical (unpaired) electrons. The summed E-state index contributed by atoms with van der Waals surface area (Å²) in [6.07, 6.45) is 2.65. The average molecular weight is 301 g/mol. The van der Waals surface area contributed by atoms with Crippen LogP contribution in [0.2, 0.25) is 0 Å². The zero-order valence-corrected chi connectivity index (χ0v) is 12.0. The van der Waals surface area contributed by atoms with Crippen molar-refractivity contribution < 1.29 is 28.7 Å². The number of nitrogens with zero attached hydrogens (tertiary/aromatic N) is 1. The van der Waals surface area contributed by atoms with Crippen LogP contribution in [0.4, 0.5) is 0 Å². The lowest BCUT2D eigenvalue weighted by Crippen LogP contribution is -2.32. The minimum atomic E-state index is -4.17. The third-order valence-electron chi connectivity index (χ3n) is 3.11. The first-order valence-electron chi connectivity index (χ1n) is 6.04. The highest BCUT2D eigenvalue weighted by Gasteiger charge is 2.35. The van der Waals surface area contributed by atoms with E-state index < -0.39 is 21.0 Å². The van der Waals surface area contributed by atoms with Crippen LogP contribution in [-0.2, 0) is 9.13 Å². The maximum atomic E-state index is 11.4. The molecule has 0 aromatic heterocycles. The number of rotatable bonds is 7. The molecule has 0 spiro atoms. The van der Waals surface area contributed by atoms with Gasteiger partial charge in [-0.05, 0) is 38.8 Å². The van der Waals surface area contributed by atoms with Crippen molar-refractivity contribution in [1.29, 1.82) is 0 Å². The fourth-order valence-electron chi connectivity index (χ4n) is 2.25. The van der Waals surface area contributed by atoms with Gasteiger partial charge in [0.1, 0.15) is 5.78 Å². The van der Waals surface area contributed by atoms with Crippen LogP contribution in [0.25, 0.3) is 0 Å². The lowest BCUT2D eigenvalue weighted by atomic mass is 10.2. The largest absolute Gasteiger partial charge is 0.342 e. The van der Waals surface area contributed by atoms with E-state index in [1.54, 1.807) is 4.90 Å². The van der Waals surface area contributed by atoms with E-state index in [-0.39, 0.29) is 19.0 Å². The van der Waals surface area contributed by atoms with E-state index in [0.717, 1.165) is 12.8 Å². The molecule has 1 unspecified atom stereocenters. The van der Waals surface area contributed by atoms with Gasteiger partial charge in [-0.1, -0.05) is 6.42 Å². The molecule has 0 aromatic rings. The summed E-state index contributed by atoms with van der Waals surface area (Å²) in [5.41, 5.74) is 0. The Labute approximate surface area is 107 Å². The van der Waals surface area contributed by atoms with Crippen molar-refractivity contribution in [3.63, 3.8) is 0 Å². The van der Waals surface area contributed by atoms with Crippen molar-refractivity contribution in [2.75, 3.05) is 19.3 Å². The Bertz CT molecular complexity index is 345. The van der Waals surface area contributed by atoms with Gasteiger partial charge in [0.25, 0.3) is 0 Å². The Morgan fingerprint density at radius 1 is 1.00 bits per heavy atom. The molecule has 0 amide bonds. The van der Waals surface area contributed by atoms with Crippen LogP contribution >= 0.6 is 15.2 Å². The van der Waals surface area contributed by atoms with Crippen LogP contribution < -0.4 is 0 Å². The van der Waals surface area contributed by atoms with Crippen molar-refractivity contribution in [2.24, 2.45) is 0 Å². The van der Waals surface area contributed by atoms with Crippen LogP contribution in [0.5, 0.6) is 0 Å². The van der Waals surface area contributed by atoms with Crippen LogP contribution in [0, 0.1) is 0 Å². The van der Waals surface area contributed by atoms with E-state index in [0.29, 0.717) is 19.5 Å². The van der Waals surface area contributed by atoms with Gasteiger partial charge in [0, 0.05) is 6.16 Å². The SMILES string of the molecule is O=P(O)(O)CCCCC(N1CCCC1)P(=O)(O)O. The maximum absolute atomic E-state index is 11.4. The smallest absolute Gasteiger partial charge is 0.324 e. The highest BCUT2D eigenvalue weighted by molar-refractivity contribution is 7.52. The fraction of sp³-hybridized carbons (Fsp3) is 1.00. The molecule has 1 saturated heterocycles. The van der Waals surface area contributed by atoms with Gasteiger partial charge in [-0.25, -0.2) is 0 Å². The summed E-state index contributed by atoms with van der Waals surface area (Å²) < 4.78 is 22.1. The van der Waals surface area contributed by atoms with Crippen LogP contribution in [0.15, 0.2) is 0 Å². The molecule has 18 heavy (non-hydrogen) atoms. The van der Waals surface area contributed by atoms with Crippen molar-refractivity contribution in [3.05, 3.63) is 0 Å². The van der Waals surface area contributed by atoms with Crippen molar-refractivity contribution in [2.45, 2.75) is 37.9 Å². The second-order valence-electron chi connectivity index (χ2n) is 4.70. The minimum absolute atomic E-state index is 0.221. The molecule has 1 atom stereocenters. The van der Waals surface area contributed by atoms with E-state index in [9.17, 15) is 18.9 Å². The normalized spacial score (nSPS) is 20.2. The Hall–Kier alpha value is 0.260. The lowest BCUT2D eigenvalue weighted by molar-refractivity contribution is 0.239. The van der Waals surface area contributed by atoms with E-state index >= 15 is 0 Å². The van der Waals surface area contributed by atoms with Crippen LogP contribution in [0.1, 0.15) is 32.1 Å². The lowest BCUT2D eigenvalue weighted by Gasteiger charge is -2.28. The maximum Gasteiger partial charge on any atom is 0.342 e. The molecule has 108 valence electrons. The summed E-state index contributed by atoms with van der Waals surface area (Å²) >= 11 is 0. The molecule has 0 aliphatic carbocycles. The summed E-state index contributed by atoms with van der Waals surface area (Å²) in [7, 11) is -8.17. The first-order chi connectivity index (χ1) is 8.20. The Morgan fingerprint density at radius 3 is 2.00 bits per heavy atom. The summed E-state index contributed by atoms with van der Waals surface area (Å²) in [5.74, 6) is -0.795. The van der Waals surface area contributed by atoms with E-state index in [1.807, 2.05) is 0 Å². The predicted octanol–water partition coefficient (Wildman–Crippen LogP) is 0.934. The molecule has 4 N–H and O–H groups in total. The first-order valence-corrected chi connectivity index (χ1v) is 9.52. The Morgan fingerprint density at radius 2 is 1.56 bits per heavy atom. The number of hydrogen-bond acceptors (Lipinski definition) is 3. The quantitative estimate of drug-likeness (QED) is 0.408.